The number of carbonyl (C=O) groups excluding carboxylic acids is 2. The van der Waals surface area contributed by atoms with E-state index in [4.69, 9.17) is 4.74 Å². The smallest absolute Gasteiger partial charge is 0.251 e. The predicted octanol–water partition coefficient (Wildman–Crippen LogP) is 4.16. The van der Waals surface area contributed by atoms with E-state index in [1.807, 2.05) is 36.4 Å². The summed E-state index contributed by atoms with van der Waals surface area (Å²) >= 11 is 0. The zero-order chi connectivity index (χ0) is 29.1. The minimum Gasteiger partial charge on any atom is -0.497 e. The second-order valence-corrected chi connectivity index (χ2v) is 13.0. The molecule has 3 aromatic rings. The van der Waals surface area contributed by atoms with Gasteiger partial charge in [-0.3, -0.25) is 9.59 Å². The Morgan fingerprint density at radius 2 is 1.68 bits per heavy atom. The van der Waals surface area contributed by atoms with E-state index in [2.05, 4.69) is 5.32 Å². The first kappa shape index (κ1) is 29.0. The number of hydrogen-bond donors (Lipinski definition) is 1. The van der Waals surface area contributed by atoms with Crippen molar-refractivity contribution >= 4 is 32.6 Å². The molecular formula is C31H36FN3O5S. The Morgan fingerprint density at radius 3 is 2.37 bits per heavy atom. The van der Waals surface area contributed by atoms with Crippen molar-refractivity contribution in [2.75, 3.05) is 39.5 Å². The minimum atomic E-state index is -3.32. The molecule has 218 valence electrons. The molecule has 3 aromatic carbocycles. The standard InChI is InChI=1S/C31H36FN3O5S/c1-40-27-13-10-22-18-25(7-6-23(22)19-27)30(36)33-29(31(37)34-14-16-35(17-15-34)41(2,38)39)5-3-4-24-20-28(24)21-8-11-26(32)12-9-21/h6-13,18-19,24,28-29H,3-5,14-17,20H2,1-2H3,(H,33,36)/t24-,28+,29-/m0/s1. The van der Waals surface area contributed by atoms with Gasteiger partial charge in [-0.2, -0.15) is 4.31 Å². The highest BCUT2D eigenvalue weighted by Gasteiger charge is 2.38. The zero-order valence-corrected chi connectivity index (χ0v) is 24.2. The summed E-state index contributed by atoms with van der Waals surface area (Å²) in [5.74, 6) is 0.844. The third-order valence-corrected chi connectivity index (χ3v) is 9.52. The van der Waals surface area contributed by atoms with Gasteiger partial charge in [0.2, 0.25) is 15.9 Å². The molecule has 5 rings (SSSR count). The molecule has 0 radical (unpaired) electrons. The third-order valence-electron chi connectivity index (χ3n) is 8.22. The first-order chi connectivity index (χ1) is 19.6. The summed E-state index contributed by atoms with van der Waals surface area (Å²) in [5, 5.41) is 4.80. The van der Waals surface area contributed by atoms with E-state index in [1.54, 1.807) is 24.1 Å². The molecule has 2 aliphatic rings. The molecule has 41 heavy (non-hydrogen) atoms. The molecule has 1 aliphatic carbocycles. The molecule has 0 unspecified atom stereocenters. The van der Waals surface area contributed by atoms with Crippen LogP contribution in [0, 0.1) is 11.7 Å². The fraction of sp³-hybridized carbons (Fsp3) is 0.419. The SMILES string of the molecule is COc1ccc2cc(C(=O)N[C@@H](CCC[C@H]3C[C@@H]3c3ccc(F)cc3)C(=O)N3CCN(S(C)(=O)=O)CC3)ccc2c1. The predicted molar refractivity (Wildman–Crippen MR) is 156 cm³/mol. The molecule has 0 aromatic heterocycles. The Bertz CT molecular complexity index is 1520. The Kier molecular flexibility index (Phi) is 8.60. The van der Waals surface area contributed by atoms with Crippen LogP contribution in [-0.2, 0) is 14.8 Å². The molecule has 2 fully saturated rings. The second-order valence-electron chi connectivity index (χ2n) is 11.0. The first-order valence-corrected chi connectivity index (χ1v) is 15.9. The van der Waals surface area contributed by atoms with Gasteiger partial charge in [0.25, 0.3) is 5.91 Å². The van der Waals surface area contributed by atoms with Crippen molar-refractivity contribution in [2.45, 2.75) is 37.6 Å². The third kappa shape index (κ3) is 7.05. The van der Waals surface area contributed by atoms with Crippen LogP contribution in [0.1, 0.15) is 47.5 Å². The molecule has 1 heterocycles. The van der Waals surface area contributed by atoms with Gasteiger partial charge >= 0.3 is 0 Å². The Morgan fingerprint density at radius 1 is 1.00 bits per heavy atom. The van der Waals surface area contributed by atoms with Crippen molar-refractivity contribution in [2.24, 2.45) is 5.92 Å². The lowest BCUT2D eigenvalue weighted by atomic mass is 10.0. The largest absolute Gasteiger partial charge is 0.497 e. The van der Waals surface area contributed by atoms with Crippen molar-refractivity contribution in [3.63, 3.8) is 0 Å². The molecule has 2 amide bonds. The van der Waals surface area contributed by atoms with Gasteiger partial charge in [-0.1, -0.05) is 30.7 Å². The van der Waals surface area contributed by atoms with Crippen molar-refractivity contribution < 1.29 is 27.1 Å². The zero-order valence-electron chi connectivity index (χ0n) is 23.4. The summed E-state index contributed by atoms with van der Waals surface area (Å²) in [5.41, 5.74) is 1.59. The van der Waals surface area contributed by atoms with Crippen LogP contribution < -0.4 is 10.1 Å². The maximum atomic E-state index is 13.6. The van der Waals surface area contributed by atoms with Gasteiger partial charge in [0.15, 0.2) is 0 Å². The molecule has 3 atom stereocenters. The molecule has 1 saturated carbocycles. The molecule has 10 heteroatoms. The van der Waals surface area contributed by atoms with E-state index < -0.39 is 16.1 Å². The van der Waals surface area contributed by atoms with Crippen molar-refractivity contribution in [3.05, 3.63) is 77.6 Å². The number of carbonyl (C=O) groups is 2. The maximum Gasteiger partial charge on any atom is 0.251 e. The Balaban J connectivity index is 1.25. The van der Waals surface area contributed by atoms with E-state index in [0.29, 0.717) is 23.8 Å². The maximum absolute atomic E-state index is 13.6. The van der Waals surface area contributed by atoms with E-state index in [0.717, 1.165) is 41.3 Å². The summed E-state index contributed by atoms with van der Waals surface area (Å²) in [6, 6.07) is 16.9. The van der Waals surface area contributed by atoms with Crippen LogP contribution in [0.5, 0.6) is 5.75 Å². The van der Waals surface area contributed by atoms with Crippen LogP contribution >= 0.6 is 0 Å². The second kappa shape index (κ2) is 12.2. The van der Waals surface area contributed by atoms with E-state index in [1.165, 1.54) is 22.7 Å². The lowest BCUT2D eigenvalue weighted by Crippen LogP contribution is -2.55. The number of nitrogens with zero attached hydrogens (tertiary/aromatic N) is 2. The quantitative estimate of drug-likeness (QED) is 0.388. The van der Waals surface area contributed by atoms with Gasteiger partial charge in [0.05, 0.1) is 13.4 Å². The Labute approximate surface area is 240 Å². The van der Waals surface area contributed by atoms with Crippen LogP contribution in [0.25, 0.3) is 10.8 Å². The first-order valence-electron chi connectivity index (χ1n) is 14.0. The van der Waals surface area contributed by atoms with Crippen molar-refractivity contribution in [1.82, 2.24) is 14.5 Å². The van der Waals surface area contributed by atoms with Crippen molar-refractivity contribution in [3.8, 4) is 5.75 Å². The topological polar surface area (TPSA) is 96.0 Å². The summed E-state index contributed by atoms with van der Waals surface area (Å²) < 4.78 is 43.8. The fourth-order valence-electron chi connectivity index (χ4n) is 5.72. The summed E-state index contributed by atoms with van der Waals surface area (Å²) in [6.45, 7) is 1.04. The summed E-state index contributed by atoms with van der Waals surface area (Å²) in [7, 11) is -1.72. The van der Waals surface area contributed by atoms with Crippen LogP contribution in [0.15, 0.2) is 60.7 Å². The molecular weight excluding hydrogens is 545 g/mol. The van der Waals surface area contributed by atoms with Crippen LogP contribution in [0.2, 0.25) is 0 Å². The molecule has 0 bridgehead atoms. The van der Waals surface area contributed by atoms with E-state index >= 15 is 0 Å². The number of amides is 2. The fourth-order valence-corrected chi connectivity index (χ4v) is 6.55. The molecule has 0 spiro atoms. The highest BCUT2D eigenvalue weighted by molar-refractivity contribution is 7.88. The lowest BCUT2D eigenvalue weighted by molar-refractivity contribution is -0.134. The Hall–Kier alpha value is -3.50. The number of benzene rings is 3. The van der Waals surface area contributed by atoms with Crippen LogP contribution in [0.4, 0.5) is 4.39 Å². The summed E-state index contributed by atoms with van der Waals surface area (Å²) in [6.07, 6.45) is 4.34. The van der Waals surface area contributed by atoms with Gasteiger partial charge in [0, 0.05) is 31.7 Å². The number of piperazine rings is 1. The van der Waals surface area contributed by atoms with Gasteiger partial charge in [0.1, 0.15) is 17.6 Å². The highest BCUT2D eigenvalue weighted by Crippen LogP contribution is 2.50. The van der Waals surface area contributed by atoms with E-state index in [-0.39, 0.29) is 43.8 Å². The van der Waals surface area contributed by atoms with E-state index in [9.17, 15) is 22.4 Å². The number of sulfonamides is 1. The molecule has 8 nitrogen and oxygen atoms in total. The van der Waals surface area contributed by atoms with Crippen molar-refractivity contribution in [1.29, 1.82) is 0 Å². The molecule has 1 N–H and O–H groups in total. The van der Waals surface area contributed by atoms with Gasteiger partial charge < -0.3 is 15.0 Å². The number of nitrogens with one attached hydrogen (secondary N) is 1. The number of halogens is 1. The minimum absolute atomic E-state index is 0.192. The van der Waals surface area contributed by atoms with Gasteiger partial charge in [-0.15, -0.1) is 0 Å². The highest BCUT2D eigenvalue weighted by atomic mass is 32.2. The number of fused-ring (bicyclic) bond motifs is 1. The number of methoxy groups -OCH3 is 1. The average Bonchev–Trinajstić information content (AvgIpc) is 3.75. The molecule has 1 saturated heterocycles. The summed E-state index contributed by atoms with van der Waals surface area (Å²) in [4.78, 5) is 28.6. The number of rotatable bonds is 10. The lowest BCUT2D eigenvalue weighted by Gasteiger charge is -2.35. The number of ether oxygens (including phenoxy) is 1. The van der Waals surface area contributed by atoms with Crippen LogP contribution in [-0.4, -0.2) is 75.0 Å². The number of hydrogen-bond acceptors (Lipinski definition) is 5. The van der Waals surface area contributed by atoms with Crippen LogP contribution in [0.3, 0.4) is 0 Å². The average molecular weight is 582 g/mol. The van der Waals surface area contributed by atoms with Gasteiger partial charge in [-0.05, 0) is 83.8 Å². The van der Waals surface area contributed by atoms with Gasteiger partial charge in [-0.25, -0.2) is 12.8 Å². The monoisotopic (exact) mass is 581 g/mol. The normalized spacial score (nSPS) is 20.0. The molecule has 1 aliphatic heterocycles.